The molecule has 0 spiro atoms. The van der Waals surface area contributed by atoms with Gasteiger partial charge >= 0.3 is 0 Å². The maximum Gasteiger partial charge on any atom is 0.0769 e. The number of hydrogen-bond donors (Lipinski definition) is 2. The Balaban J connectivity index is 0.000000810. The molecule has 0 radical (unpaired) electrons. The Hall–Kier alpha value is 0.210. The summed E-state index contributed by atoms with van der Waals surface area (Å²) in [6.07, 6.45) is 1.09. The van der Waals surface area contributed by atoms with Gasteiger partial charge in [-0.2, -0.15) is 0 Å². The molecule has 1 saturated heterocycles. The highest BCUT2D eigenvalue weighted by atomic mass is 35.5. The van der Waals surface area contributed by atoms with Crippen molar-refractivity contribution in [1.29, 1.82) is 0 Å². The average molecular weight is 166 g/mol. The zero-order valence-electron chi connectivity index (χ0n) is 6.55. The summed E-state index contributed by atoms with van der Waals surface area (Å²) in [6.45, 7) is 5.79. The molecule has 0 aromatic carbocycles. The molecule has 3 heteroatoms. The maximum atomic E-state index is 9.58. The van der Waals surface area contributed by atoms with E-state index >= 15 is 0 Å². The van der Waals surface area contributed by atoms with Crippen LogP contribution in [0, 0.1) is 5.92 Å². The van der Waals surface area contributed by atoms with Gasteiger partial charge in [-0.25, -0.2) is 0 Å². The minimum atomic E-state index is -0.474. The number of hydrogen-bond acceptors (Lipinski definition) is 2. The van der Waals surface area contributed by atoms with Crippen molar-refractivity contribution in [2.24, 2.45) is 5.92 Å². The summed E-state index contributed by atoms with van der Waals surface area (Å²) in [5.41, 5.74) is -0.474. The number of halogens is 1. The molecule has 0 aromatic rings. The topological polar surface area (TPSA) is 32.3 Å². The third-order valence-electron chi connectivity index (χ3n) is 2.30. The first kappa shape index (κ1) is 10.2. The Morgan fingerprint density at radius 3 is 2.50 bits per heavy atom. The number of rotatable bonds is 0. The van der Waals surface area contributed by atoms with E-state index in [1.54, 1.807) is 0 Å². The van der Waals surface area contributed by atoms with Crippen molar-refractivity contribution in [3.63, 3.8) is 0 Å². The van der Waals surface area contributed by atoms with Gasteiger partial charge in [0.1, 0.15) is 0 Å². The van der Waals surface area contributed by atoms with Crippen LogP contribution in [0.1, 0.15) is 20.3 Å². The van der Waals surface area contributed by atoms with Crippen LogP contribution in [0.4, 0.5) is 0 Å². The van der Waals surface area contributed by atoms with E-state index in [0.717, 1.165) is 19.5 Å². The second kappa shape index (κ2) is 3.56. The largest absolute Gasteiger partial charge is 0.389 e. The first-order valence-electron chi connectivity index (χ1n) is 3.56. The molecule has 0 bridgehead atoms. The normalized spacial score (nSPS) is 40.5. The smallest absolute Gasteiger partial charge is 0.0769 e. The predicted molar refractivity (Wildman–Crippen MR) is 44.5 cm³/mol. The van der Waals surface area contributed by atoms with Gasteiger partial charge in [0.15, 0.2) is 0 Å². The van der Waals surface area contributed by atoms with Gasteiger partial charge in [-0.1, -0.05) is 6.92 Å². The first-order chi connectivity index (χ1) is 4.13. The van der Waals surface area contributed by atoms with E-state index in [1.165, 1.54) is 0 Å². The van der Waals surface area contributed by atoms with Crippen LogP contribution in [0.25, 0.3) is 0 Å². The highest BCUT2D eigenvalue weighted by molar-refractivity contribution is 5.85. The first-order valence-corrected chi connectivity index (χ1v) is 3.56. The summed E-state index contributed by atoms with van der Waals surface area (Å²) in [4.78, 5) is 0. The van der Waals surface area contributed by atoms with Crippen molar-refractivity contribution >= 4 is 12.4 Å². The lowest BCUT2D eigenvalue weighted by Gasteiger charge is -2.35. The van der Waals surface area contributed by atoms with Crippen LogP contribution >= 0.6 is 12.4 Å². The Kier molecular flexibility index (Phi) is 3.63. The van der Waals surface area contributed by atoms with E-state index in [9.17, 15) is 5.11 Å². The fourth-order valence-corrected chi connectivity index (χ4v) is 1.15. The fourth-order valence-electron chi connectivity index (χ4n) is 1.15. The summed E-state index contributed by atoms with van der Waals surface area (Å²) in [5.74, 6) is 0.443. The van der Waals surface area contributed by atoms with Gasteiger partial charge in [-0.15, -0.1) is 12.4 Å². The maximum absolute atomic E-state index is 9.58. The predicted octanol–water partition coefficient (Wildman–Crippen LogP) is 0.789. The molecule has 1 fully saturated rings. The summed E-state index contributed by atoms with van der Waals surface area (Å²) in [5, 5.41) is 12.7. The van der Waals surface area contributed by atoms with Gasteiger partial charge in [-0.05, 0) is 25.8 Å². The zero-order valence-corrected chi connectivity index (χ0v) is 7.37. The highest BCUT2D eigenvalue weighted by Crippen LogP contribution is 2.21. The SMILES string of the molecule is CC1CCNC[C@]1(C)O.Cl. The number of piperidine rings is 1. The quantitative estimate of drug-likeness (QED) is 0.557. The van der Waals surface area contributed by atoms with Crippen LogP contribution in [0.5, 0.6) is 0 Å². The van der Waals surface area contributed by atoms with Crippen molar-refractivity contribution < 1.29 is 5.11 Å². The fraction of sp³-hybridized carbons (Fsp3) is 1.00. The average Bonchev–Trinajstić information content (AvgIpc) is 1.77. The molecule has 0 aromatic heterocycles. The minimum Gasteiger partial charge on any atom is -0.389 e. The molecule has 2 N–H and O–H groups in total. The molecular weight excluding hydrogens is 150 g/mol. The number of aliphatic hydroxyl groups is 1. The van der Waals surface area contributed by atoms with Crippen LogP contribution in [-0.2, 0) is 0 Å². The van der Waals surface area contributed by atoms with E-state index in [0.29, 0.717) is 5.92 Å². The molecule has 1 aliphatic heterocycles. The molecule has 62 valence electrons. The lowest BCUT2D eigenvalue weighted by Crippen LogP contribution is -2.48. The Morgan fingerprint density at radius 1 is 1.60 bits per heavy atom. The Bertz CT molecular complexity index is 106. The third kappa shape index (κ3) is 2.11. The van der Waals surface area contributed by atoms with Crippen molar-refractivity contribution in [2.45, 2.75) is 25.9 Å². The summed E-state index contributed by atoms with van der Waals surface area (Å²) < 4.78 is 0. The Labute approximate surface area is 68.4 Å². The van der Waals surface area contributed by atoms with Crippen LogP contribution in [0.3, 0.4) is 0 Å². The van der Waals surface area contributed by atoms with Crippen molar-refractivity contribution in [1.82, 2.24) is 5.32 Å². The standard InChI is InChI=1S/C7H15NO.ClH/c1-6-3-4-8-5-7(6,2)9;/h6,8-9H,3-5H2,1-2H3;1H/t6?,7-;/m0./s1. The Morgan fingerprint density at radius 2 is 2.20 bits per heavy atom. The van der Waals surface area contributed by atoms with Crippen LogP contribution < -0.4 is 5.32 Å². The molecule has 0 aliphatic carbocycles. The molecule has 1 rings (SSSR count). The monoisotopic (exact) mass is 165 g/mol. The molecule has 0 saturated carbocycles. The molecule has 10 heavy (non-hydrogen) atoms. The van der Waals surface area contributed by atoms with Crippen molar-refractivity contribution in [3.8, 4) is 0 Å². The van der Waals surface area contributed by atoms with Gasteiger partial charge in [-0.3, -0.25) is 0 Å². The second-order valence-electron chi connectivity index (χ2n) is 3.22. The summed E-state index contributed by atoms with van der Waals surface area (Å²) in [7, 11) is 0. The third-order valence-corrected chi connectivity index (χ3v) is 2.30. The van der Waals surface area contributed by atoms with E-state index < -0.39 is 5.60 Å². The zero-order chi connectivity index (χ0) is 6.91. The van der Waals surface area contributed by atoms with Crippen molar-refractivity contribution in [2.75, 3.05) is 13.1 Å². The van der Waals surface area contributed by atoms with E-state index in [2.05, 4.69) is 12.2 Å². The highest BCUT2D eigenvalue weighted by Gasteiger charge is 2.30. The molecule has 2 atom stereocenters. The van der Waals surface area contributed by atoms with Gasteiger partial charge in [0.2, 0.25) is 0 Å². The van der Waals surface area contributed by atoms with Crippen LogP contribution in [0.15, 0.2) is 0 Å². The number of nitrogens with one attached hydrogen (secondary N) is 1. The van der Waals surface area contributed by atoms with E-state index in [4.69, 9.17) is 0 Å². The lowest BCUT2D eigenvalue weighted by molar-refractivity contribution is -0.0115. The molecule has 0 amide bonds. The lowest BCUT2D eigenvalue weighted by atomic mass is 9.85. The molecule has 2 nitrogen and oxygen atoms in total. The van der Waals surface area contributed by atoms with Crippen LogP contribution in [-0.4, -0.2) is 23.8 Å². The van der Waals surface area contributed by atoms with Gasteiger partial charge in [0.25, 0.3) is 0 Å². The van der Waals surface area contributed by atoms with E-state index in [1.807, 2.05) is 6.92 Å². The molecule has 1 aliphatic rings. The van der Waals surface area contributed by atoms with Crippen LogP contribution in [0.2, 0.25) is 0 Å². The van der Waals surface area contributed by atoms with E-state index in [-0.39, 0.29) is 12.4 Å². The van der Waals surface area contributed by atoms with Crippen molar-refractivity contribution in [3.05, 3.63) is 0 Å². The summed E-state index contributed by atoms with van der Waals surface area (Å²) in [6, 6.07) is 0. The molecule has 1 unspecified atom stereocenters. The number of β-amino-alcohol motifs (C(OH)–C–C–N with tert-alkyl or cyclic N) is 1. The van der Waals surface area contributed by atoms with Gasteiger partial charge in [0, 0.05) is 6.54 Å². The second-order valence-corrected chi connectivity index (χ2v) is 3.22. The molecule has 1 heterocycles. The minimum absolute atomic E-state index is 0. The summed E-state index contributed by atoms with van der Waals surface area (Å²) >= 11 is 0. The molecular formula is C7H16ClNO. The van der Waals surface area contributed by atoms with Gasteiger partial charge in [0.05, 0.1) is 5.60 Å². The van der Waals surface area contributed by atoms with Gasteiger partial charge < -0.3 is 10.4 Å².